The number of aromatic nitrogens is 4. The zero-order valence-electron chi connectivity index (χ0n) is 29.5. The van der Waals surface area contributed by atoms with Gasteiger partial charge in [0.25, 0.3) is 11.8 Å². The number of nitrogens with one attached hydrogen (secondary N) is 2. The van der Waals surface area contributed by atoms with Gasteiger partial charge in [-0.05, 0) is 72.1 Å². The summed E-state index contributed by atoms with van der Waals surface area (Å²) in [6.07, 6.45) is 4.71. The predicted molar refractivity (Wildman–Crippen MR) is 193 cm³/mol. The third kappa shape index (κ3) is 6.66. The summed E-state index contributed by atoms with van der Waals surface area (Å²) in [4.78, 5) is 55.4. The van der Waals surface area contributed by atoms with Crippen LogP contribution in [-0.4, -0.2) is 66.7 Å². The van der Waals surface area contributed by atoms with E-state index in [0.717, 1.165) is 34.6 Å². The van der Waals surface area contributed by atoms with Crippen molar-refractivity contribution in [2.45, 2.75) is 69.7 Å². The molecule has 2 aromatic heterocycles. The zero-order chi connectivity index (χ0) is 37.6. The fraction of sp³-hybridized carbons (Fsp3) is 0.275. The number of carbonyl (C=O) groups excluding carboxylic acids is 4. The van der Waals surface area contributed by atoms with E-state index >= 15 is 0 Å². The molecule has 2 fully saturated rings. The second-order valence-electron chi connectivity index (χ2n) is 14.2. The first-order chi connectivity index (χ1) is 26.0. The first kappa shape index (κ1) is 34.6. The monoisotopic (exact) mass is 729 g/mol. The molecule has 2 N–H and O–H groups in total. The lowest BCUT2D eigenvalue weighted by Crippen LogP contribution is -2.54. The van der Waals surface area contributed by atoms with Crippen LogP contribution in [0.2, 0.25) is 0 Å². The molecular weight excluding hydrogens is 693 g/mol. The molecule has 0 radical (unpaired) electrons. The van der Waals surface area contributed by atoms with Gasteiger partial charge in [0.15, 0.2) is 11.6 Å². The SMILES string of the molecule is CC(C)(c1ccc(OCc2ccc(F)c(-n3ccnn3)n2)cc1)c1ccc(O[C@H]2C[C@H](Nc3ccc4c(c3)C(=O)N(C3CCC(=O)NC3=O)C4=O)C2)cc1. The number of hydrogen-bond acceptors (Lipinski definition) is 10. The summed E-state index contributed by atoms with van der Waals surface area (Å²) in [6, 6.07) is 23.0. The number of carbonyl (C=O) groups is 4. The fourth-order valence-electron chi connectivity index (χ4n) is 7.04. The molecule has 1 saturated carbocycles. The van der Waals surface area contributed by atoms with Crippen LogP contribution in [0.1, 0.15) is 77.1 Å². The fourth-order valence-corrected chi connectivity index (χ4v) is 7.04. The van der Waals surface area contributed by atoms with Crippen LogP contribution in [0.3, 0.4) is 0 Å². The Morgan fingerprint density at radius 1 is 0.889 bits per heavy atom. The van der Waals surface area contributed by atoms with Crippen LogP contribution in [-0.2, 0) is 21.6 Å². The van der Waals surface area contributed by atoms with Crippen LogP contribution < -0.4 is 20.1 Å². The number of anilines is 1. The van der Waals surface area contributed by atoms with E-state index < -0.39 is 35.5 Å². The molecule has 1 atom stereocenters. The van der Waals surface area contributed by atoms with Gasteiger partial charge in [-0.3, -0.25) is 29.4 Å². The number of fused-ring (bicyclic) bond motifs is 1. The van der Waals surface area contributed by atoms with Crippen LogP contribution in [0.4, 0.5) is 10.1 Å². The smallest absolute Gasteiger partial charge is 0.262 e. The van der Waals surface area contributed by atoms with Crippen LogP contribution >= 0.6 is 0 Å². The standard InChI is InChI=1S/C40H36FN7O6/c1-40(2,23-3-9-28(10-4-23)53-22-26-8-14-33(41)36(44-26)47-18-17-42-46-47)24-5-11-29(12-6-24)54-30-19-27(20-30)43-25-7-13-31-32(21-25)39(52)48(38(31)51)34-15-16-35(49)45-37(34)50/h3-14,17-18,21,27,30,34,43H,15-16,19-20,22H2,1-2H3,(H,45,49,50)/t27-,30-,34?. The molecule has 4 heterocycles. The van der Waals surface area contributed by atoms with Crippen molar-refractivity contribution >= 4 is 29.3 Å². The van der Waals surface area contributed by atoms with Crippen LogP contribution in [0, 0.1) is 5.82 Å². The molecule has 3 aliphatic rings. The molecule has 2 aliphatic heterocycles. The van der Waals surface area contributed by atoms with Gasteiger partial charge >= 0.3 is 0 Å². The minimum atomic E-state index is -0.996. The van der Waals surface area contributed by atoms with Crippen molar-refractivity contribution in [3.05, 3.63) is 125 Å². The number of rotatable bonds is 11. The Hall–Kier alpha value is -6.44. The average molecular weight is 730 g/mol. The predicted octanol–water partition coefficient (Wildman–Crippen LogP) is 5.13. The Bertz CT molecular complexity index is 2250. The molecular formula is C40H36FN7O6. The van der Waals surface area contributed by atoms with Gasteiger partial charge < -0.3 is 14.8 Å². The Morgan fingerprint density at radius 3 is 2.28 bits per heavy atom. The summed E-state index contributed by atoms with van der Waals surface area (Å²) in [7, 11) is 0. The molecule has 0 bridgehead atoms. The summed E-state index contributed by atoms with van der Waals surface area (Å²) in [5.41, 5.74) is 3.68. The van der Waals surface area contributed by atoms with E-state index in [0.29, 0.717) is 17.1 Å². The number of halogens is 1. The molecule has 0 spiro atoms. The minimum absolute atomic E-state index is 0.0221. The largest absolute Gasteiger partial charge is 0.490 e. The zero-order valence-corrected chi connectivity index (χ0v) is 29.5. The van der Waals surface area contributed by atoms with Crippen molar-refractivity contribution in [2.24, 2.45) is 0 Å². The highest BCUT2D eigenvalue weighted by atomic mass is 19.1. The molecule has 14 heteroatoms. The molecule has 1 aliphatic carbocycles. The summed E-state index contributed by atoms with van der Waals surface area (Å²) >= 11 is 0. The van der Waals surface area contributed by atoms with E-state index in [4.69, 9.17) is 9.47 Å². The Labute approximate surface area is 309 Å². The number of benzene rings is 3. The number of amides is 4. The average Bonchev–Trinajstić information content (AvgIpc) is 3.77. The summed E-state index contributed by atoms with van der Waals surface area (Å²) in [6.45, 7) is 4.47. The van der Waals surface area contributed by atoms with E-state index in [9.17, 15) is 23.6 Å². The molecule has 3 aromatic carbocycles. The van der Waals surface area contributed by atoms with E-state index in [2.05, 4.69) is 51.9 Å². The van der Waals surface area contributed by atoms with Gasteiger partial charge in [-0.15, -0.1) is 5.10 Å². The second kappa shape index (κ2) is 13.8. The number of imide groups is 2. The number of ether oxygens (including phenoxy) is 2. The molecule has 8 rings (SSSR count). The third-order valence-electron chi connectivity index (χ3n) is 10.3. The summed E-state index contributed by atoms with van der Waals surface area (Å²) in [5.74, 6) is -1.10. The normalized spacial score (nSPS) is 19.6. The number of hydrogen-bond donors (Lipinski definition) is 2. The maximum atomic E-state index is 14.3. The highest BCUT2D eigenvalue weighted by Crippen LogP contribution is 2.36. The first-order valence-electron chi connectivity index (χ1n) is 17.7. The lowest BCUT2D eigenvalue weighted by Gasteiger charge is -2.36. The molecule has 4 amide bonds. The van der Waals surface area contributed by atoms with Crippen molar-refractivity contribution in [1.29, 1.82) is 0 Å². The topological polar surface area (TPSA) is 158 Å². The highest BCUT2D eigenvalue weighted by molar-refractivity contribution is 6.23. The van der Waals surface area contributed by atoms with Gasteiger partial charge in [-0.1, -0.05) is 43.3 Å². The Balaban J connectivity index is 0.825. The molecule has 5 aromatic rings. The highest BCUT2D eigenvalue weighted by Gasteiger charge is 2.45. The maximum absolute atomic E-state index is 14.3. The lowest BCUT2D eigenvalue weighted by atomic mass is 9.78. The first-order valence-corrected chi connectivity index (χ1v) is 17.7. The van der Waals surface area contributed by atoms with Gasteiger partial charge in [-0.25, -0.2) is 9.37 Å². The van der Waals surface area contributed by atoms with Crippen LogP contribution in [0.25, 0.3) is 5.82 Å². The van der Waals surface area contributed by atoms with Crippen molar-refractivity contribution in [2.75, 3.05) is 5.32 Å². The summed E-state index contributed by atoms with van der Waals surface area (Å²) in [5, 5.41) is 13.2. The number of piperidine rings is 1. The Kier molecular flexibility index (Phi) is 8.88. The molecule has 274 valence electrons. The van der Waals surface area contributed by atoms with Crippen molar-refractivity contribution in [1.82, 2.24) is 30.2 Å². The molecule has 1 saturated heterocycles. The third-order valence-corrected chi connectivity index (χ3v) is 10.3. The van der Waals surface area contributed by atoms with Gasteiger partial charge in [-0.2, -0.15) is 4.68 Å². The minimum Gasteiger partial charge on any atom is -0.490 e. The van der Waals surface area contributed by atoms with Gasteiger partial charge in [0.2, 0.25) is 11.8 Å². The molecule has 54 heavy (non-hydrogen) atoms. The maximum Gasteiger partial charge on any atom is 0.262 e. The van der Waals surface area contributed by atoms with Crippen molar-refractivity contribution in [3.8, 4) is 17.3 Å². The quantitative estimate of drug-likeness (QED) is 0.175. The van der Waals surface area contributed by atoms with Gasteiger partial charge in [0.1, 0.15) is 30.3 Å². The summed E-state index contributed by atoms with van der Waals surface area (Å²) < 4.78 is 27.7. The van der Waals surface area contributed by atoms with Crippen molar-refractivity contribution < 1.29 is 33.0 Å². The van der Waals surface area contributed by atoms with Gasteiger partial charge in [0.05, 0.1) is 29.2 Å². The molecule has 13 nitrogen and oxygen atoms in total. The molecule has 1 unspecified atom stereocenters. The Morgan fingerprint density at radius 2 is 1.59 bits per heavy atom. The number of nitrogens with zero attached hydrogens (tertiary/aromatic N) is 5. The van der Waals surface area contributed by atoms with Crippen LogP contribution in [0.15, 0.2) is 91.3 Å². The van der Waals surface area contributed by atoms with E-state index in [1.165, 1.54) is 23.1 Å². The van der Waals surface area contributed by atoms with Crippen LogP contribution in [0.5, 0.6) is 11.5 Å². The lowest BCUT2D eigenvalue weighted by molar-refractivity contribution is -0.136. The van der Waals surface area contributed by atoms with E-state index in [1.54, 1.807) is 24.3 Å². The van der Waals surface area contributed by atoms with E-state index in [-0.39, 0.29) is 54.0 Å². The van der Waals surface area contributed by atoms with Crippen molar-refractivity contribution in [3.63, 3.8) is 0 Å². The number of pyridine rings is 1. The van der Waals surface area contributed by atoms with Gasteiger partial charge in [0, 0.05) is 36.4 Å². The second-order valence-corrected chi connectivity index (χ2v) is 14.2. The van der Waals surface area contributed by atoms with E-state index in [1.807, 2.05) is 36.4 Å².